The van der Waals surface area contributed by atoms with Crippen molar-refractivity contribution in [3.8, 4) is 0 Å². The van der Waals surface area contributed by atoms with Gasteiger partial charge in [0.2, 0.25) is 0 Å². The number of imidazole rings is 1. The molecule has 1 saturated carbocycles. The van der Waals surface area contributed by atoms with E-state index in [1.54, 1.807) is 0 Å². The van der Waals surface area contributed by atoms with Gasteiger partial charge in [-0.25, -0.2) is 4.79 Å². The van der Waals surface area contributed by atoms with Crippen molar-refractivity contribution in [3.63, 3.8) is 0 Å². The van der Waals surface area contributed by atoms with Crippen LogP contribution in [0.4, 0.5) is 0 Å². The molecule has 1 atom stereocenters. The highest BCUT2D eigenvalue weighted by atomic mass is 16.1. The Hall–Kier alpha value is -1.55. The fourth-order valence-electron chi connectivity index (χ4n) is 4.71. The molecule has 4 rings (SSSR count). The third-order valence-corrected chi connectivity index (χ3v) is 5.98. The highest BCUT2D eigenvalue weighted by Crippen LogP contribution is 2.28. The Morgan fingerprint density at radius 1 is 1.00 bits per heavy atom. The van der Waals surface area contributed by atoms with Crippen LogP contribution in [0.5, 0.6) is 0 Å². The van der Waals surface area contributed by atoms with Crippen LogP contribution in [0, 0.1) is 5.92 Å². The summed E-state index contributed by atoms with van der Waals surface area (Å²) >= 11 is 0. The number of benzene rings is 1. The van der Waals surface area contributed by atoms with Gasteiger partial charge in [0.05, 0.1) is 17.1 Å². The largest absolute Gasteiger partial charge is 0.326 e. The van der Waals surface area contributed by atoms with Gasteiger partial charge in [0.1, 0.15) is 0 Å². The number of hydrogen-bond acceptors (Lipinski definition) is 2. The minimum atomic E-state index is 0.0500. The number of nitrogens with one attached hydrogen (secondary N) is 1. The fourth-order valence-corrected chi connectivity index (χ4v) is 4.71. The minimum Gasteiger partial charge on any atom is -0.306 e. The molecule has 2 heterocycles. The summed E-state index contributed by atoms with van der Waals surface area (Å²) < 4.78 is 1.99. The van der Waals surface area contributed by atoms with Gasteiger partial charge < -0.3 is 9.88 Å². The number of nitrogens with zero attached hydrogens (tertiary/aromatic N) is 2. The molecule has 1 N–H and O–H groups in total. The molecule has 1 saturated heterocycles. The third kappa shape index (κ3) is 3.30. The molecule has 1 aromatic carbocycles. The summed E-state index contributed by atoms with van der Waals surface area (Å²) in [6.07, 6.45) is 11.0. The van der Waals surface area contributed by atoms with Crippen LogP contribution in [0.3, 0.4) is 0 Å². The van der Waals surface area contributed by atoms with Gasteiger partial charge >= 0.3 is 5.69 Å². The van der Waals surface area contributed by atoms with Crippen LogP contribution >= 0.6 is 0 Å². The first-order valence-electron chi connectivity index (χ1n) is 9.73. The second-order valence-corrected chi connectivity index (χ2v) is 7.73. The molecule has 0 amide bonds. The zero-order chi connectivity index (χ0) is 16.4. The second kappa shape index (κ2) is 7.14. The van der Waals surface area contributed by atoms with Crippen molar-refractivity contribution in [2.45, 2.75) is 57.4 Å². The molecule has 1 aliphatic heterocycles. The Balaban J connectivity index is 1.44. The van der Waals surface area contributed by atoms with Crippen molar-refractivity contribution in [2.24, 2.45) is 5.92 Å². The average molecular weight is 327 g/mol. The molecule has 1 unspecified atom stereocenters. The lowest BCUT2D eigenvalue weighted by Gasteiger charge is -2.25. The maximum atomic E-state index is 12.4. The average Bonchev–Trinajstić information content (AvgIpc) is 3.12. The van der Waals surface area contributed by atoms with Gasteiger partial charge in [-0.1, -0.05) is 44.2 Å². The summed E-state index contributed by atoms with van der Waals surface area (Å²) in [6.45, 7) is 3.39. The maximum Gasteiger partial charge on any atom is 0.326 e. The van der Waals surface area contributed by atoms with Gasteiger partial charge in [-0.15, -0.1) is 0 Å². The molecule has 24 heavy (non-hydrogen) atoms. The van der Waals surface area contributed by atoms with E-state index in [1.807, 2.05) is 22.8 Å². The zero-order valence-electron chi connectivity index (χ0n) is 14.5. The molecular formula is C20H29N3O. The van der Waals surface area contributed by atoms with Gasteiger partial charge in [0, 0.05) is 19.6 Å². The Labute approximate surface area is 143 Å². The summed E-state index contributed by atoms with van der Waals surface area (Å²) in [5.41, 5.74) is 2.07. The van der Waals surface area contributed by atoms with E-state index in [4.69, 9.17) is 0 Å². The van der Waals surface area contributed by atoms with Gasteiger partial charge in [-0.3, -0.25) is 4.57 Å². The maximum absolute atomic E-state index is 12.4. The van der Waals surface area contributed by atoms with E-state index in [0.29, 0.717) is 6.04 Å². The third-order valence-electron chi connectivity index (χ3n) is 5.98. The molecule has 2 aromatic rings. The summed E-state index contributed by atoms with van der Waals surface area (Å²) in [5, 5.41) is 0. The molecule has 1 aliphatic carbocycles. The number of rotatable bonds is 3. The molecular weight excluding hydrogens is 298 g/mol. The lowest BCUT2D eigenvalue weighted by Crippen LogP contribution is -2.30. The minimum absolute atomic E-state index is 0.0500. The van der Waals surface area contributed by atoms with Crippen molar-refractivity contribution >= 4 is 11.0 Å². The van der Waals surface area contributed by atoms with Crippen LogP contribution in [-0.2, 0) is 0 Å². The fraction of sp³-hybridized carbons (Fsp3) is 0.650. The van der Waals surface area contributed by atoms with E-state index in [0.717, 1.165) is 36.5 Å². The number of likely N-dealkylation sites (tertiary alicyclic amines) is 1. The van der Waals surface area contributed by atoms with Gasteiger partial charge in [-0.05, 0) is 37.3 Å². The number of aromatic amines is 1. The quantitative estimate of drug-likeness (QED) is 0.928. The molecule has 2 fully saturated rings. The van der Waals surface area contributed by atoms with Crippen molar-refractivity contribution < 1.29 is 0 Å². The first-order valence-corrected chi connectivity index (χ1v) is 9.73. The van der Waals surface area contributed by atoms with Crippen molar-refractivity contribution in [1.82, 2.24) is 14.5 Å². The predicted octanol–water partition coefficient (Wildman–Crippen LogP) is 3.94. The number of para-hydroxylation sites is 2. The molecule has 1 aromatic heterocycles. The molecule has 0 radical (unpaired) electrons. The Morgan fingerprint density at radius 3 is 2.58 bits per heavy atom. The first-order chi connectivity index (χ1) is 11.8. The van der Waals surface area contributed by atoms with E-state index < -0.39 is 0 Å². The first kappa shape index (κ1) is 15.9. The van der Waals surface area contributed by atoms with E-state index in [9.17, 15) is 4.79 Å². The zero-order valence-corrected chi connectivity index (χ0v) is 14.5. The number of fused-ring (bicyclic) bond motifs is 1. The Bertz CT molecular complexity index is 724. The van der Waals surface area contributed by atoms with Crippen LogP contribution < -0.4 is 5.69 Å². The van der Waals surface area contributed by atoms with Crippen LogP contribution in [0.15, 0.2) is 29.1 Å². The smallest absolute Gasteiger partial charge is 0.306 e. The monoisotopic (exact) mass is 327 g/mol. The molecule has 0 spiro atoms. The van der Waals surface area contributed by atoms with E-state index in [1.165, 1.54) is 51.5 Å². The second-order valence-electron chi connectivity index (χ2n) is 7.73. The normalized spacial score (nSPS) is 24.2. The topological polar surface area (TPSA) is 41.0 Å². The van der Waals surface area contributed by atoms with Gasteiger partial charge in [0.15, 0.2) is 0 Å². The summed E-state index contributed by atoms with van der Waals surface area (Å²) in [5.74, 6) is 0.865. The Kier molecular flexibility index (Phi) is 4.74. The highest BCUT2D eigenvalue weighted by Gasteiger charge is 2.28. The molecule has 2 aliphatic rings. The van der Waals surface area contributed by atoms with Crippen molar-refractivity contribution in [1.29, 1.82) is 0 Å². The van der Waals surface area contributed by atoms with Gasteiger partial charge in [0.25, 0.3) is 0 Å². The molecule has 130 valence electrons. The van der Waals surface area contributed by atoms with Crippen molar-refractivity contribution in [3.05, 3.63) is 34.7 Å². The molecule has 4 nitrogen and oxygen atoms in total. The highest BCUT2D eigenvalue weighted by molar-refractivity contribution is 5.75. The van der Waals surface area contributed by atoms with Crippen LogP contribution in [-0.4, -0.2) is 34.1 Å². The predicted molar refractivity (Wildman–Crippen MR) is 98.5 cm³/mol. The number of hydrogen-bond donors (Lipinski definition) is 1. The summed E-state index contributed by atoms with van der Waals surface area (Å²) in [7, 11) is 0. The van der Waals surface area contributed by atoms with E-state index in [-0.39, 0.29) is 5.69 Å². The van der Waals surface area contributed by atoms with Crippen molar-refractivity contribution in [2.75, 3.05) is 19.6 Å². The molecule has 4 heteroatoms. The van der Waals surface area contributed by atoms with E-state index >= 15 is 0 Å². The van der Waals surface area contributed by atoms with Gasteiger partial charge in [-0.2, -0.15) is 0 Å². The number of aromatic nitrogens is 2. The SMILES string of the molecule is O=c1[nH]c2ccccc2n1C1CCN(CC2CCCCCCC2)C1. The number of H-pyrrole nitrogens is 1. The summed E-state index contributed by atoms with van der Waals surface area (Å²) in [6, 6.07) is 8.38. The Morgan fingerprint density at radius 2 is 1.75 bits per heavy atom. The van der Waals surface area contributed by atoms with Crippen LogP contribution in [0.2, 0.25) is 0 Å². The lowest BCUT2D eigenvalue weighted by molar-refractivity contribution is 0.238. The lowest BCUT2D eigenvalue weighted by atomic mass is 9.91. The van der Waals surface area contributed by atoms with Crippen LogP contribution in [0.25, 0.3) is 11.0 Å². The standard InChI is InChI=1S/C20H29N3O/c24-20-21-18-10-6-7-11-19(18)23(20)17-12-13-22(15-17)14-16-8-4-2-1-3-5-9-16/h6-7,10-11,16-17H,1-5,8-9,12-15H2,(H,21,24). The molecule has 0 bridgehead atoms. The van der Waals surface area contributed by atoms with Crippen LogP contribution in [0.1, 0.15) is 57.4 Å². The summed E-state index contributed by atoms with van der Waals surface area (Å²) in [4.78, 5) is 18.0. The van der Waals surface area contributed by atoms with E-state index in [2.05, 4.69) is 16.0 Å².